The topological polar surface area (TPSA) is 54.9 Å². The maximum atomic E-state index is 13.5. The van der Waals surface area contributed by atoms with E-state index in [0.717, 1.165) is 42.8 Å². The highest BCUT2D eigenvalue weighted by molar-refractivity contribution is 7.15. The standard InChI is InChI=1S/C14H15F2N3OS/c1-2-3-4-5-12-18-19-14(21-12)17-13(20)10-7-6-9(15)8-11(10)16/h6-8H,2-5H2,1H3,(H,17,19,20). The Kier molecular flexibility index (Phi) is 5.32. The van der Waals surface area contributed by atoms with Gasteiger partial charge in [-0.05, 0) is 18.6 Å². The molecule has 0 atom stereocenters. The summed E-state index contributed by atoms with van der Waals surface area (Å²) < 4.78 is 26.3. The smallest absolute Gasteiger partial charge is 0.260 e. The number of rotatable bonds is 6. The summed E-state index contributed by atoms with van der Waals surface area (Å²) in [5.74, 6) is -2.29. The molecule has 1 aromatic carbocycles. The molecule has 0 aliphatic heterocycles. The number of aryl methyl sites for hydroxylation is 1. The van der Waals surface area contributed by atoms with Gasteiger partial charge in [0.15, 0.2) is 0 Å². The summed E-state index contributed by atoms with van der Waals surface area (Å²) in [6.45, 7) is 2.11. The van der Waals surface area contributed by atoms with E-state index >= 15 is 0 Å². The molecule has 0 unspecified atom stereocenters. The molecule has 0 saturated carbocycles. The van der Waals surface area contributed by atoms with Gasteiger partial charge in [0, 0.05) is 12.5 Å². The Balaban J connectivity index is 1.99. The number of unbranched alkanes of at least 4 members (excludes halogenated alkanes) is 2. The third kappa shape index (κ3) is 4.29. The van der Waals surface area contributed by atoms with Crippen molar-refractivity contribution in [1.29, 1.82) is 0 Å². The minimum absolute atomic E-state index is 0.223. The van der Waals surface area contributed by atoms with Crippen LogP contribution in [0.5, 0.6) is 0 Å². The largest absolute Gasteiger partial charge is 0.296 e. The molecular formula is C14H15F2N3OS. The van der Waals surface area contributed by atoms with Crippen LogP contribution in [0.3, 0.4) is 0 Å². The lowest BCUT2D eigenvalue weighted by atomic mass is 10.2. The van der Waals surface area contributed by atoms with Crippen LogP contribution in [0, 0.1) is 11.6 Å². The Morgan fingerprint density at radius 2 is 2.10 bits per heavy atom. The van der Waals surface area contributed by atoms with Gasteiger partial charge in [0.25, 0.3) is 5.91 Å². The number of halogens is 2. The van der Waals surface area contributed by atoms with Crippen LogP contribution in [0.25, 0.3) is 0 Å². The van der Waals surface area contributed by atoms with Crippen LogP contribution in [-0.4, -0.2) is 16.1 Å². The lowest BCUT2D eigenvalue weighted by Crippen LogP contribution is -2.13. The molecule has 7 heteroatoms. The molecule has 4 nitrogen and oxygen atoms in total. The van der Waals surface area contributed by atoms with E-state index in [1.807, 2.05) is 0 Å². The number of amides is 1. The van der Waals surface area contributed by atoms with Crippen molar-refractivity contribution in [3.63, 3.8) is 0 Å². The van der Waals surface area contributed by atoms with Gasteiger partial charge in [-0.3, -0.25) is 10.1 Å². The molecule has 21 heavy (non-hydrogen) atoms. The van der Waals surface area contributed by atoms with Crippen LogP contribution >= 0.6 is 11.3 Å². The number of aromatic nitrogens is 2. The Morgan fingerprint density at radius 1 is 1.29 bits per heavy atom. The zero-order valence-corrected chi connectivity index (χ0v) is 12.3. The first-order chi connectivity index (χ1) is 10.1. The number of carbonyl (C=O) groups is 1. The summed E-state index contributed by atoms with van der Waals surface area (Å²) >= 11 is 1.26. The van der Waals surface area contributed by atoms with Gasteiger partial charge in [-0.25, -0.2) is 8.78 Å². The van der Waals surface area contributed by atoms with Gasteiger partial charge < -0.3 is 0 Å². The van der Waals surface area contributed by atoms with Gasteiger partial charge >= 0.3 is 0 Å². The Labute approximate surface area is 125 Å². The van der Waals surface area contributed by atoms with E-state index in [1.165, 1.54) is 11.3 Å². The molecule has 1 aromatic heterocycles. The minimum atomic E-state index is -0.903. The molecule has 0 bridgehead atoms. The van der Waals surface area contributed by atoms with Gasteiger partial charge in [0.05, 0.1) is 5.56 Å². The quantitative estimate of drug-likeness (QED) is 0.826. The monoisotopic (exact) mass is 311 g/mol. The van der Waals surface area contributed by atoms with Crippen LogP contribution in [0.4, 0.5) is 13.9 Å². The number of benzene rings is 1. The van der Waals surface area contributed by atoms with Gasteiger partial charge in [0.1, 0.15) is 16.6 Å². The first-order valence-electron chi connectivity index (χ1n) is 6.69. The summed E-state index contributed by atoms with van der Waals surface area (Å²) in [5.41, 5.74) is -0.223. The molecule has 0 saturated heterocycles. The number of nitrogens with one attached hydrogen (secondary N) is 1. The van der Waals surface area contributed by atoms with Crippen molar-refractivity contribution in [2.45, 2.75) is 32.6 Å². The second-order valence-corrected chi connectivity index (χ2v) is 5.60. The zero-order chi connectivity index (χ0) is 15.2. The molecule has 0 radical (unpaired) electrons. The van der Waals surface area contributed by atoms with Crippen molar-refractivity contribution in [3.05, 3.63) is 40.4 Å². The van der Waals surface area contributed by atoms with Crippen molar-refractivity contribution < 1.29 is 13.6 Å². The lowest BCUT2D eigenvalue weighted by Gasteiger charge is -2.02. The van der Waals surface area contributed by atoms with E-state index in [-0.39, 0.29) is 5.56 Å². The van der Waals surface area contributed by atoms with Crippen molar-refractivity contribution in [2.24, 2.45) is 0 Å². The predicted octanol–water partition coefficient (Wildman–Crippen LogP) is 3.80. The second kappa shape index (κ2) is 7.21. The molecule has 2 rings (SSSR count). The molecule has 0 fully saturated rings. The maximum absolute atomic E-state index is 13.5. The van der Waals surface area contributed by atoms with Crippen molar-refractivity contribution in [1.82, 2.24) is 10.2 Å². The molecule has 0 spiro atoms. The molecule has 2 aromatic rings. The number of nitrogens with zero attached hydrogens (tertiary/aromatic N) is 2. The van der Waals surface area contributed by atoms with Crippen LogP contribution < -0.4 is 5.32 Å². The predicted molar refractivity (Wildman–Crippen MR) is 77.4 cm³/mol. The first kappa shape index (κ1) is 15.5. The fraction of sp³-hybridized carbons (Fsp3) is 0.357. The average molecular weight is 311 g/mol. The van der Waals surface area contributed by atoms with Crippen molar-refractivity contribution in [2.75, 3.05) is 5.32 Å². The minimum Gasteiger partial charge on any atom is -0.296 e. The molecule has 1 N–H and O–H groups in total. The molecule has 1 heterocycles. The van der Waals surface area contributed by atoms with E-state index < -0.39 is 17.5 Å². The van der Waals surface area contributed by atoms with Crippen LogP contribution in [0.1, 0.15) is 41.6 Å². The van der Waals surface area contributed by atoms with Gasteiger partial charge in [0.2, 0.25) is 5.13 Å². The Morgan fingerprint density at radius 3 is 2.81 bits per heavy atom. The van der Waals surface area contributed by atoms with Gasteiger partial charge in [-0.15, -0.1) is 10.2 Å². The van der Waals surface area contributed by atoms with Gasteiger partial charge in [-0.1, -0.05) is 31.1 Å². The highest BCUT2D eigenvalue weighted by atomic mass is 32.1. The van der Waals surface area contributed by atoms with E-state index in [1.54, 1.807) is 0 Å². The maximum Gasteiger partial charge on any atom is 0.260 e. The summed E-state index contributed by atoms with van der Waals surface area (Å²) in [6.07, 6.45) is 4.06. The second-order valence-electron chi connectivity index (χ2n) is 4.54. The third-order valence-electron chi connectivity index (χ3n) is 2.86. The summed E-state index contributed by atoms with van der Waals surface area (Å²) in [7, 11) is 0. The van der Waals surface area contributed by atoms with Crippen molar-refractivity contribution in [3.8, 4) is 0 Å². The molecule has 1 amide bonds. The number of carbonyl (C=O) groups excluding carboxylic acids is 1. The van der Waals surface area contributed by atoms with Gasteiger partial charge in [-0.2, -0.15) is 0 Å². The molecule has 0 aliphatic carbocycles. The number of hydrogen-bond acceptors (Lipinski definition) is 4. The highest BCUT2D eigenvalue weighted by Gasteiger charge is 2.14. The summed E-state index contributed by atoms with van der Waals surface area (Å²) in [5, 5.41) is 11.4. The van der Waals surface area contributed by atoms with Crippen LogP contribution in [0.15, 0.2) is 18.2 Å². The SMILES string of the molecule is CCCCCc1nnc(NC(=O)c2ccc(F)cc2F)s1. The Hall–Kier alpha value is -1.89. The summed E-state index contributed by atoms with van der Waals surface area (Å²) in [4.78, 5) is 11.9. The molecule has 0 aliphatic rings. The normalized spacial score (nSPS) is 10.6. The Bertz CT molecular complexity index is 630. The zero-order valence-electron chi connectivity index (χ0n) is 11.5. The first-order valence-corrected chi connectivity index (χ1v) is 7.50. The number of hydrogen-bond donors (Lipinski definition) is 1. The number of anilines is 1. The van der Waals surface area contributed by atoms with E-state index in [2.05, 4.69) is 22.4 Å². The van der Waals surface area contributed by atoms with E-state index in [4.69, 9.17) is 0 Å². The van der Waals surface area contributed by atoms with E-state index in [0.29, 0.717) is 11.2 Å². The van der Waals surface area contributed by atoms with E-state index in [9.17, 15) is 13.6 Å². The van der Waals surface area contributed by atoms with Crippen molar-refractivity contribution >= 4 is 22.4 Å². The fourth-order valence-electron chi connectivity index (χ4n) is 1.77. The fourth-order valence-corrected chi connectivity index (χ4v) is 2.55. The summed E-state index contributed by atoms with van der Waals surface area (Å²) in [6, 6.07) is 2.81. The average Bonchev–Trinajstić information content (AvgIpc) is 2.86. The molecular weight excluding hydrogens is 296 g/mol. The van der Waals surface area contributed by atoms with Crippen LogP contribution in [0.2, 0.25) is 0 Å². The lowest BCUT2D eigenvalue weighted by molar-refractivity contribution is 0.102. The highest BCUT2D eigenvalue weighted by Crippen LogP contribution is 2.19. The molecule has 112 valence electrons. The third-order valence-corrected chi connectivity index (χ3v) is 3.76. The van der Waals surface area contributed by atoms with Crippen LogP contribution in [-0.2, 0) is 6.42 Å².